The summed E-state index contributed by atoms with van der Waals surface area (Å²) in [6.07, 6.45) is 7.02. The molecule has 1 N–H and O–H groups in total. The summed E-state index contributed by atoms with van der Waals surface area (Å²) >= 11 is 0. The zero-order valence-corrected chi connectivity index (χ0v) is 8.76. The second-order valence-corrected chi connectivity index (χ2v) is 4.63. The lowest BCUT2D eigenvalue weighted by molar-refractivity contribution is 0.219. The van der Waals surface area contributed by atoms with Crippen LogP contribution < -0.4 is 5.32 Å². The van der Waals surface area contributed by atoms with Crippen LogP contribution in [0, 0.1) is 0 Å². The molecule has 0 saturated carbocycles. The van der Waals surface area contributed by atoms with Crippen molar-refractivity contribution in [3.05, 3.63) is 0 Å². The van der Waals surface area contributed by atoms with E-state index < -0.39 is 0 Å². The van der Waals surface area contributed by atoms with Crippen molar-refractivity contribution in [2.24, 2.45) is 0 Å². The van der Waals surface area contributed by atoms with Gasteiger partial charge in [0.2, 0.25) is 0 Å². The van der Waals surface area contributed by atoms with Crippen LogP contribution >= 0.6 is 0 Å². The second-order valence-electron chi connectivity index (χ2n) is 4.63. The standard InChI is InChI=1S/C11H22N2/c1-10-5-4-8-13(10)9-11-6-2-3-7-12-11/h10-12H,2-9H2,1H3/t10?,11-/m0/s1. The zero-order chi connectivity index (χ0) is 9.10. The fourth-order valence-corrected chi connectivity index (χ4v) is 2.63. The number of nitrogens with one attached hydrogen (secondary N) is 1. The minimum absolute atomic E-state index is 0.786. The summed E-state index contributed by atoms with van der Waals surface area (Å²) in [5.74, 6) is 0. The van der Waals surface area contributed by atoms with Crippen molar-refractivity contribution in [2.45, 2.75) is 51.1 Å². The topological polar surface area (TPSA) is 15.3 Å². The lowest BCUT2D eigenvalue weighted by Crippen LogP contribution is -2.44. The first-order chi connectivity index (χ1) is 6.36. The molecule has 0 radical (unpaired) electrons. The Balaban J connectivity index is 1.75. The van der Waals surface area contributed by atoms with Gasteiger partial charge in [-0.3, -0.25) is 4.90 Å². The van der Waals surface area contributed by atoms with Crippen molar-refractivity contribution in [3.63, 3.8) is 0 Å². The Hall–Kier alpha value is -0.0800. The first-order valence-electron chi connectivity index (χ1n) is 5.83. The molecule has 2 aliphatic rings. The van der Waals surface area contributed by atoms with Crippen LogP contribution in [0.5, 0.6) is 0 Å². The number of piperidine rings is 1. The van der Waals surface area contributed by atoms with Crippen molar-refractivity contribution >= 4 is 0 Å². The summed E-state index contributed by atoms with van der Waals surface area (Å²) in [6, 6.07) is 1.62. The van der Waals surface area contributed by atoms with E-state index in [1.807, 2.05) is 0 Å². The van der Waals surface area contributed by atoms with E-state index in [0.29, 0.717) is 0 Å². The molecule has 0 aliphatic carbocycles. The first-order valence-corrected chi connectivity index (χ1v) is 5.83. The average Bonchev–Trinajstić information content (AvgIpc) is 2.54. The van der Waals surface area contributed by atoms with E-state index in [0.717, 1.165) is 12.1 Å². The fraction of sp³-hybridized carbons (Fsp3) is 1.00. The van der Waals surface area contributed by atoms with Crippen LogP contribution in [0.15, 0.2) is 0 Å². The Labute approximate surface area is 81.7 Å². The van der Waals surface area contributed by atoms with Crippen molar-refractivity contribution in [3.8, 4) is 0 Å². The highest BCUT2D eigenvalue weighted by Crippen LogP contribution is 2.18. The van der Waals surface area contributed by atoms with Gasteiger partial charge in [0.15, 0.2) is 0 Å². The Bertz CT molecular complexity index is 152. The van der Waals surface area contributed by atoms with E-state index in [9.17, 15) is 0 Å². The molecule has 0 aromatic rings. The van der Waals surface area contributed by atoms with Crippen molar-refractivity contribution in [1.82, 2.24) is 10.2 Å². The van der Waals surface area contributed by atoms with Crippen LogP contribution in [0.1, 0.15) is 39.0 Å². The van der Waals surface area contributed by atoms with Gasteiger partial charge in [0.05, 0.1) is 0 Å². The molecule has 0 amide bonds. The molecule has 2 rings (SSSR count). The third-order valence-corrected chi connectivity index (χ3v) is 3.56. The van der Waals surface area contributed by atoms with Crippen LogP contribution in [0.4, 0.5) is 0 Å². The van der Waals surface area contributed by atoms with E-state index in [-0.39, 0.29) is 0 Å². The van der Waals surface area contributed by atoms with Gasteiger partial charge in [0.25, 0.3) is 0 Å². The predicted molar refractivity (Wildman–Crippen MR) is 55.9 cm³/mol. The maximum Gasteiger partial charge on any atom is 0.0195 e. The largest absolute Gasteiger partial charge is 0.313 e. The Morgan fingerprint density at radius 3 is 2.77 bits per heavy atom. The molecule has 2 nitrogen and oxygen atoms in total. The summed E-state index contributed by atoms with van der Waals surface area (Å²) in [5.41, 5.74) is 0. The highest BCUT2D eigenvalue weighted by molar-refractivity contribution is 4.82. The van der Waals surface area contributed by atoms with Crippen molar-refractivity contribution in [1.29, 1.82) is 0 Å². The molecule has 0 bridgehead atoms. The third kappa shape index (κ3) is 2.44. The smallest absolute Gasteiger partial charge is 0.0195 e. The van der Waals surface area contributed by atoms with E-state index in [4.69, 9.17) is 0 Å². The van der Waals surface area contributed by atoms with Gasteiger partial charge in [-0.2, -0.15) is 0 Å². The molecule has 2 aliphatic heterocycles. The zero-order valence-electron chi connectivity index (χ0n) is 8.76. The lowest BCUT2D eigenvalue weighted by atomic mass is 10.0. The van der Waals surface area contributed by atoms with Gasteiger partial charge in [0.1, 0.15) is 0 Å². The fourth-order valence-electron chi connectivity index (χ4n) is 2.63. The maximum atomic E-state index is 3.62. The van der Waals surface area contributed by atoms with Crippen LogP contribution in [-0.2, 0) is 0 Å². The molecule has 2 fully saturated rings. The lowest BCUT2D eigenvalue weighted by Gasteiger charge is -2.30. The minimum Gasteiger partial charge on any atom is -0.313 e. The molecule has 0 spiro atoms. The minimum atomic E-state index is 0.786. The monoisotopic (exact) mass is 182 g/mol. The highest BCUT2D eigenvalue weighted by atomic mass is 15.2. The van der Waals surface area contributed by atoms with Gasteiger partial charge in [-0.1, -0.05) is 6.42 Å². The SMILES string of the molecule is CC1CCCN1C[C@@H]1CCCCN1. The number of hydrogen-bond donors (Lipinski definition) is 1. The average molecular weight is 182 g/mol. The second kappa shape index (κ2) is 4.43. The first kappa shape index (κ1) is 9.47. The van der Waals surface area contributed by atoms with Gasteiger partial charge in [-0.05, 0) is 45.7 Å². The molecular formula is C11H22N2. The predicted octanol–water partition coefficient (Wildman–Crippen LogP) is 1.61. The van der Waals surface area contributed by atoms with E-state index in [1.165, 1.54) is 51.7 Å². The van der Waals surface area contributed by atoms with Gasteiger partial charge in [0, 0.05) is 18.6 Å². The summed E-state index contributed by atoms with van der Waals surface area (Å²) < 4.78 is 0. The molecule has 1 unspecified atom stereocenters. The molecule has 2 saturated heterocycles. The molecular weight excluding hydrogens is 160 g/mol. The number of rotatable bonds is 2. The quantitative estimate of drug-likeness (QED) is 0.698. The molecule has 2 atom stereocenters. The Morgan fingerprint density at radius 1 is 1.23 bits per heavy atom. The number of nitrogens with zero attached hydrogens (tertiary/aromatic N) is 1. The summed E-state index contributed by atoms with van der Waals surface area (Å²) in [5, 5.41) is 3.62. The maximum absolute atomic E-state index is 3.62. The van der Waals surface area contributed by atoms with Crippen molar-refractivity contribution in [2.75, 3.05) is 19.6 Å². The van der Waals surface area contributed by atoms with E-state index >= 15 is 0 Å². The molecule has 2 heteroatoms. The van der Waals surface area contributed by atoms with Gasteiger partial charge in [-0.15, -0.1) is 0 Å². The van der Waals surface area contributed by atoms with Gasteiger partial charge < -0.3 is 5.32 Å². The third-order valence-electron chi connectivity index (χ3n) is 3.56. The summed E-state index contributed by atoms with van der Waals surface area (Å²) in [6.45, 7) is 6.24. The normalized spacial score (nSPS) is 36.7. The van der Waals surface area contributed by atoms with Crippen molar-refractivity contribution < 1.29 is 0 Å². The van der Waals surface area contributed by atoms with E-state index in [1.54, 1.807) is 0 Å². The number of hydrogen-bond acceptors (Lipinski definition) is 2. The van der Waals surface area contributed by atoms with Crippen LogP contribution in [-0.4, -0.2) is 36.6 Å². The summed E-state index contributed by atoms with van der Waals surface area (Å²) in [4.78, 5) is 2.66. The van der Waals surface area contributed by atoms with E-state index in [2.05, 4.69) is 17.1 Å². The summed E-state index contributed by atoms with van der Waals surface area (Å²) in [7, 11) is 0. The van der Waals surface area contributed by atoms with Crippen LogP contribution in [0.25, 0.3) is 0 Å². The van der Waals surface area contributed by atoms with Gasteiger partial charge >= 0.3 is 0 Å². The Morgan fingerprint density at radius 2 is 2.15 bits per heavy atom. The molecule has 76 valence electrons. The van der Waals surface area contributed by atoms with Crippen LogP contribution in [0.2, 0.25) is 0 Å². The Kier molecular flexibility index (Phi) is 3.23. The highest BCUT2D eigenvalue weighted by Gasteiger charge is 2.23. The molecule has 13 heavy (non-hydrogen) atoms. The molecule has 2 heterocycles. The van der Waals surface area contributed by atoms with Gasteiger partial charge in [-0.25, -0.2) is 0 Å². The van der Waals surface area contributed by atoms with Crippen LogP contribution in [0.3, 0.4) is 0 Å². The molecule has 0 aromatic carbocycles. The number of likely N-dealkylation sites (tertiary alicyclic amines) is 1. The molecule has 0 aromatic heterocycles.